The van der Waals surface area contributed by atoms with Gasteiger partial charge in [-0.3, -0.25) is 0 Å². The molecule has 0 unspecified atom stereocenters. The lowest BCUT2D eigenvalue weighted by Crippen LogP contribution is -2.60. The van der Waals surface area contributed by atoms with Gasteiger partial charge in [-0.1, -0.05) is 25.5 Å². The highest BCUT2D eigenvalue weighted by Crippen LogP contribution is 2.20. The maximum absolute atomic E-state index is 14.8. The van der Waals surface area contributed by atoms with Gasteiger partial charge in [-0.15, -0.1) is 4.99 Å². The van der Waals surface area contributed by atoms with E-state index < -0.39 is 23.4 Å². The minimum absolute atomic E-state index is 0.0495. The zero-order chi connectivity index (χ0) is 28.1. The van der Waals surface area contributed by atoms with Crippen molar-refractivity contribution in [2.24, 2.45) is 4.99 Å². The second-order valence-electron chi connectivity index (χ2n) is 11.1. The van der Waals surface area contributed by atoms with Crippen LogP contribution in [0.3, 0.4) is 0 Å². The number of carbonyl (C=O) groups is 3. The molecule has 0 saturated carbocycles. The van der Waals surface area contributed by atoms with Crippen molar-refractivity contribution in [3.8, 4) is 0 Å². The highest BCUT2D eigenvalue weighted by molar-refractivity contribution is 5.99. The monoisotopic (exact) mass is 521 g/mol. The molecule has 0 bridgehead atoms. The van der Waals surface area contributed by atoms with E-state index in [0.29, 0.717) is 17.5 Å². The second-order valence-corrected chi connectivity index (χ2v) is 11.1. The number of rotatable bonds is 4. The minimum atomic E-state index is -0.914. The number of halogens is 1. The van der Waals surface area contributed by atoms with Crippen molar-refractivity contribution in [1.82, 2.24) is 19.6 Å². The van der Waals surface area contributed by atoms with E-state index in [1.807, 2.05) is 6.92 Å². The van der Waals surface area contributed by atoms with E-state index in [1.54, 1.807) is 72.7 Å². The lowest BCUT2D eigenvalue weighted by molar-refractivity contribution is 0.0300. The summed E-state index contributed by atoms with van der Waals surface area (Å²) < 4.78 is 25.8. The normalized spacial score (nSPS) is 15.1. The van der Waals surface area contributed by atoms with Crippen LogP contribution in [0.5, 0.6) is 0 Å². The van der Waals surface area contributed by atoms with E-state index in [2.05, 4.69) is 4.99 Å². The highest BCUT2D eigenvalue weighted by Gasteiger charge is 2.35. The van der Waals surface area contributed by atoms with Crippen LogP contribution < -0.4 is 0 Å². The molecule has 1 aromatic carbocycles. The molecule has 0 atom stereocenters. The predicted octanol–water partition coefficient (Wildman–Crippen LogP) is 5.02. The van der Waals surface area contributed by atoms with Crippen LogP contribution in [-0.4, -0.2) is 82.4 Å². The quantitative estimate of drug-likeness (QED) is 0.408. The Hall–Kier alpha value is -3.37. The Morgan fingerprint density at radius 1 is 1.03 bits per heavy atom. The smallest absolute Gasteiger partial charge is 0.437 e. The standard InChI is InChI=1S/C26H40FN5O5/c1-10-11-19-13-12-18(14-20(19)27)15-32(24(35)37-26(5,6)7)21(28-22(33)36-25(2,3)4)31-16-29(8)23(34)30(9)17-31/h12-14H,10-11,15-17H2,1-9H3/b28-21+. The molecule has 1 aromatic rings. The Balaban J connectivity index is 2.58. The summed E-state index contributed by atoms with van der Waals surface area (Å²) in [6.07, 6.45) is -0.312. The Labute approximate surface area is 219 Å². The molecule has 0 radical (unpaired) electrons. The number of hydrogen-bond acceptors (Lipinski definition) is 5. The molecule has 206 valence electrons. The molecule has 4 amide bonds. The van der Waals surface area contributed by atoms with Crippen molar-refractivity contribution < 1.29 is 28.2 Å². The van der Waals surface area contributed by atoms with E-state index in [0.717, 1.165) is 6.42 Å². The lowest BCUT2D eigenvalue weighted by atomic mass is 10.1. The fourth-order valence-corrected chi connectivity index (χ4v) is 3.64. The van der Waals surface area contributed by atoms with Crippen molar-refractivity contribution in [1.29, 1.82) is 0 Å². The number of guanidine groups is 1. The van der Waals surface area contributed by atoms with E-state index in [1.165, 1.54) is 20.8 Å². The van der Waals surface area contributed by atoms with E-state index in [-0.39, 0.29) is 37.7 Å². The zero-order valence-electron chi connectivity index (χ0n) is 23.4. The van der Waals surface area contributed by atoms with Gasteiger partial charge in [0.25, 0.3) is 0 Å². The largest absolute Gasteiger partial charge is 0.443 e. The van der Waals surface area contributed by atoms with Gasteiger partial charge in [-0.05, 0) is 65.2 Å². The molecule has 1 aliphatic heterocycles. The molecule has 1 fully saturated rings. The first-order valence-electron chi connectivity index (χ1n) is 12.3. The number of benzene rings is 1. The number of aryl methyl sites for hydroxylation is 1. The zero-order valence-corrected chi connectivity index (χ0v) is 23.4. The summed E-state index contributed by atoms with van der Waals surface area (Å²) >= 11 is 0. The maximum Gasteiger partial charge on any atom is 0.437 e. The number of urea groups is 1. The molecule has 10 nitrogen and oxygen atoms in total. The van der Waals surface area contributed by atoms with Crippen molar-refractivity contribution >= 4 is 24.2 Å². The number of ether oxygens (including phenoxy) is 2. The Kier molecular flexibility index (Phi) is 9.51. The highest BCUT2D eigenvalue weighted by atomic mass is 19.1. The Morgan fingerprint density at radius 3 is 2.08 bits per heavy atom. The first-order valence-corrected chi connectivity index (χ1v) is 12.3. The predicted molar refractivity (Wildman–Crippen MR) is 138 cm³/mol. The molecule has 1 heterocycles. The summed E-state index contributed by atoms with van der Waals surface area (Å²) in [6, 6.07) is 4.55. The molecule has 0 aliphatic carbocycles. The third kappa shape index (κ3) is 8.91. The summed E-state index contributed by atoms with van der Waals surface area (Å²) in [5.74, 6) is -0.454. The molecular formula is C26H40FN5O5. The molecule has 2 rings (SSSR count). The van der Waals surface area contributed by atoms with E-state index >= 15 is 0 Å². The summed E-state index contributed by atoms with van der Waals surface area (Å²) in [4.78, 5) is 48.3. The maximum atomic E-state index is 14.8. The fraction of sp³-hybridized carbons (Fsp3) is 0.615. The topological polar surface area (TPSA) is 95.0 Å². The average molecular weight is 522 g/mol. The van der Waals surface area contributed by atoms with Gasteiger partial charge >= 0.3 is 18.2 Å². The van der Waals surface area contributed by atoms with Gasteiger partial charge in [0.05, 0.1) is 19.9 Å². The third-order valence-corrected chi connectivity index (χ3v) is 5.12. The van der Waals surface area contributed by atoms with Crippen LogP contribution in [0.1, 0.15) is 66.0 Å². The number of amides is 4. The second kappa shape index (κ2) is 11.8. The number of hydrogen-bond donors (Lipinski definition) is 0. The van der Waals surface area contributed by atoms with Crippen molar-refractivity contribution in [2.45, 2.75) is 79.1 Å². The van der Waals surface area contributed by atoms with Crippen molar-refractivity contribution in [3.05, 3.63) is 35.1 Å². The molecule has 37 heavy (non-hydrogen) atoms. The van der Waals surface area contributed by atoms with Gasteiger partial charge in [-0.2, -0.15) is 0 Å². The first-order chi connectivity index (χ1) is 17.0. The van der Waals surface area contributed by atoms with Gasteiger partial charge in [0.15, 0.2) is 0 Å². The van der Waals surface area contributed by atoms with Gasteiger partial charge < -0.3 is 24.2 Å². The van der Waals surface area contributed by atoms with E-state index in [9.17, 15) is 18.8 Å². The van der Waals surface area contributed by atoms with Gasteiger partial charge in [0.1, 0.15) is 17.0 Å². The molecule has 1 aliphatic rings. The summed E-state index contributed by atoms with van der Waals surface area (Å²) in [5, 5.41) is 0. The third-order valence-electron chi connectivity index (χ3n) is 5.12. The van der Waals surface area contributed by atoms with E-state index in [4.69, 9.17) is 9.47 Å². The number of nitrogens with zero attached hydrogens (tertiary/aromatic N) is 5. The van der Waals surface area contributed by atoms with Crippen LogP contribution in [0.25, 0.3) is 0 Å². The summed E-state index contributed by atoms with van der Waals surface area (Å²) in [5.41, 5.74) is -0.620. The average Bonchev–Trinajstić information content (AvgIpc) is 2.73. The van der Waals surface area contributed by atoms with Crippen LogP contribution >= 0.6 is 0 Å². The molecule has 0 N–H and O–H groups in total. The van der Waals surface area contributed by atoms with Crippen LogP contribution in [0.15, 0.2) is 23.2 Å². The molecule has 0 spiro atoms. The molecule has 1 saturated heterocycles. The van der Waals surface area contributed by atoms with Crippen LogP contribution in [0, 0.1) is 5.82 Å². The SMILES string of the molecule is CCCc1ccc(CN(C(=O)OC(C)(C)C)/C(=N/C(=O)OC(C)(C)C)N2CN(C)C(=O)N(C)C2)cc1F. The molecular weight excluding hydrogens is 481 g/mol. The fourth-order valence-electron chi connectivity index (χ4n) is 3.64. The van der Waals surface area contributed by atoms with Crippen LogP contribution in [0.2, 0.25) is 0 Å². The lowest BCUT2D eigenvalue weighted by Gasteiger charge is -2.42. The number of aliphatic imine (C=N–C) groups is 1. The van der Waals surface area contributed by atoms with Crippen molar-refractivity contribution in [2.75, 3.05) is 27.4 Å². The van der Waals surface area contributed by atoms with Crippen LogP contribution in [-0.2, 0) is 22.4 Å². The summed E-state index contributed by atoms with van der Waals surface area (Å²) in [6.45, 7) is 12.2. The molecule has 0 aromatic heterocycles. The molecule has 11 heteroatoms. The van der Waals surface area contributed by atoms with Gasteiger partial charge in [-0.25, -0.2) is 23.7 Å². The van der Waals surface area contributed by atoms with Gasteiger partial charge in [0, 0.05) is 14.1 Å². The van der Waals surface area contributed by atoms with Crippen LogP contribution in [0.4, 0.5) is 18.8 Å². The first kappa shape index (κ1) is 29.9. The summed E-state index contributed by atoms with van der Waals surface area (Å²) in [7, 11) is 3.19. The van der Waals surface area contributed by atoms with Gasteiger partial charge in [0.2, 0.25) is 5.96 Å². The minimum Gasteiger partial charge on any atom is -0.443 e. The number of carbonyl (C=O) groups excluding carboxylic acids is 3. The Bertz CT molecular complexity index is 1020. The Morgan fingerprint density at radius 2 is 1.59 bits per heavy atom. The van der Waals surface area contributed by atoms with Crippen molar-refractivity contribution in [3.63, 3.8) is 0 Å².